The average molecular weight is 298 g/mol. The molecule has 1 N–H and O–H groups in total. The smallest absolute Gasteiger partial charge is 0.358 e. The van der Waals surface area contributed by atoms with Gasteiger partial charge in [-0.3, -0.25) is 0 Å². The lowest BCUT2D eigenvalue weighted by Gasteiger charge is -2.10. The molecule has 0 amide bonds. The van der Waals surface area contributed by atoms with Crippen LogP contribution in [0.15, 0.2) is 42.7 Å². The summed E-state index contributed by atoms with van der Waals surface area (Å²) in [6.45, 7) is 0. The number of benzene rings is 1. The zero-order valence-corrected chi connectivity index (χ0v) is 12.1. The van der Waals surface area contributed by atoms with Crippen LogP contribution in [0, 0.1) is 0 Å². The lowest BCUT2D eigenvalue weighted by Crippen LogP contribution is -2.07. The van der Waals surface area contributed by atoms with E-state index in [1.165, 1.54) is 14.2 Å². The first-order chi connectivity index (χ1) is 10.7. The number of fused-ring (bicyclic) bond motifs is 1. The monoisotopic (exact) mass is 298 g/mol. The highest BCUT2D eigenvalue weighted by atomic mass is 16.5. The number of rotatable bonds is 3. The van der Waals surface area contributed by atoms with E-state index < -0.39 is 5.97 Å². The van der Waals surface area contributed by atoms with E-state index in [2.05, 4.69) is 4.98 Å². The van der Waals surface area contributed by atoms with E-state index in [9.17, 15) is 9.90 Å². The minimum absolute atomic E-state index is 0.0640. The molecule has 0 spiro atoms. The molecule has 0 aliphatic carbocycles. The van der Waals surface area contributed by atoms with Gasteiger partial charge in [-0.05, 0) is 30.3 Å². The third-order valence-electron chi connectivity index (χ3n) is 3.42. The predicted molar refractivity (Wildman–Crippen MR) is 80.2 cm³/mol. The van der Waals surface area contributed by atoms with Crippen LogP contribution in [-0.4, -0.2) is 34.7 Å². The molecule has 0 aliphatic rings. The number of carbonyl (C=O) groups excluding carboxylic acids is 1. The lowest BCUT2D eigenvalue weighted by molar-refractivity contribution is 0.0596. The molecule has 3 rings (SSSR count). The van der Waals surface area contributed by atoms with E-state index in [0.717, 1.165) is 11.3 Å². The van der Waals surface area contributed by atoms with Crippen LogP contribution in [0.2, 0.25) is 0 Å². The number of aromatic nitrogens is 2. The van der Waals surface area contributed by atoms with Crippen molar-refractivity contribution in [1.29, 1.82) is 0 Å². The van der Waals surface area contributed by atoms with Crippen molar-refractivity contribution in [3.05, 3.63) is 48.4 Å². The van der Waals surface area contributed by atoms with E-state index in [1.807, 2.05) is 16.7 Å². The van der Waals surface area contributed by atoms with E-state index in [1.54, 1.807) is 30.5 Å². The number of phenols is 1. The number of phenolic OH excluding ortho intramolecular Hbond substituents is 1. The normalized spacial score (nSPS) is 10.6. The molecule has 0 aliphatic heterocycles. The molecule has 6 nitrogen and oxygen atoms in total. The summed E-state index contributed by atoms with van der Waals surface area (Å²) in [7, 11) is 2.81. The fourth-order valence-electron chi connectivity index (χ4n) is 2.34. The van der Waals surface area contributed by atoms with Crippen LogP contribution in [0.1, 0.15) is 10.5 Å². The van der Waals surface area contributed by atoms with E-state index >= 15 is 0 Å². The van der Waals surface area contributed by atoms with Gasteiger partial charge in [-0.2, -0.15) is 0 Å². The van der Waals surface area contributed by atoms with Gasteiger partial charge in [0.1, 0.15) is 0 Å². The molecule has 22 heavy (non-hydrogen) atoms. The summed E-state index contributed by atoms with van der Waals surface area (Å²) in [6.07, 6.45) is 3.42. The Morgan fingerprint density at radius 1 is 1.27 bits per heavy atom. The van der Waals surface area contributed by atoms with Gasteiger partial charge in [0.25, 0.3) is 0 Å². The van der Waals surface area contributed by atoms with Crippen LogP contribution in [0.25, 0.3) is 16.8 Å². The van der Waals surface area contributed by atoms with Crippen LogP contribution in [0.5, 0.6) is 11.5 Å². The number of ether oxygens (including phenoxy) is 2. The van der Waals surface area contributed by atoms with Gasteiger partial charge < -0.3 is 19.0 Å². The van der Waals surface area contributed by atoms with Crippen molar-refractivity contribution in [3.8, 4) is 22.8 Å². The van der Waals surface area contributed by atoms with Crippen LogP contribution >= 0.6 is 0 Å². The molecule has 0 unspecified atom stereocenters. The van der Waals surface area contributed by atoms with Gasteiger partial charge in [0, 0.05) is 11.8 Å². The highest BCUT2D eigenvalue weighted by Crippen LogP contribution is 2.31. The first-order valence-electron chi connectivity index (χ1n) is 6.57. The Kier molecular flexibility index (Phi) is 3.42. The largest absolute Gasteiger partial charge is 0.504 e. The van der Waals surface area contributed by atoms with E-state index in [4.69, 9.17) is 9.47 Å². The minimum atomic E-state index is -0.487. The number of carbonyl (C=O) groups is 1. The highest BCUT2D eigenvalue weighted by molar-refractivity contribution is 5.95. The van der Waals surface area contributed by atoms with Crippen molar-refractivity contribution in [2.24, 2.45) is 0 Å². The molecule has 0 saturated carbocycles. The van der Waals surface area contributed by atoms with Crippen molar-refractivity contribution in [2.45, 2.75) is 0 Å². The Hall–Kier alpha value is -3.02. The maximum Gasteiger partial charge on any atom is 0.358 e. The lowest BCUT2D eigenvalue weighted by atomic mass is 10.1. The second-order valence-electron chi connectivity index (χ2n) is 4.63. The molecule has 0 bridgehead atoms. The van der Waals surface area contributed by atoms with Crippen molar-refractivity contribution in [2.75, 3.05) is 14.2 Å². The Morgan fingerprint density at radius 2 is 2.09 bits per heavy atom. The molecule has 0 fully saturated rings. The summed E-state index contributed by atoms with van der Waals surface area (Å²) >= 11 is 0. The number of hydrogen-bond acceptors (Lipinski definition) is 5. The summed E-state index contributed by atoms with van der Waals surface area (Å²) in [6, 6.07) is 8.64. The van der Waals surface area contributed by atoms with Crippen molar-refractivity contribution >= 4 is 11.5 Å². The van der Waals surface area contributed by atoms with Crippen LogP contribution in [0.3, 0.4) is 0 Å². The summed E-state index contributed by atoms with van der Waals surface area (Å²) in [5.74, 6) is -0.0532. The molecular formula is C16H14N2O4. The molecule has 6 heteroatoms. The predicted octanol–water partition coefficient (Wildman–Crippen LogP) is 2.50. The summed E-state index contributed by atoms with van der Waals surface area (Å²) in [5.41, 5.74) is 2.48. The van der Waals surface area contributed by atoms with Crippen molar-refractivity contribution < 1.29 is 19.4 Å². The van der Waals surface area contributed by atoms with E-state index in [0.29, 0.717) is 11.3 Å². The van der Waals surface area contributed by atoms with E-state index in [-0.39, 0.29) is 11.4 Å². The van der Waals surface area contributed by atoms with Gasteiger partial charge in [0.2, 0.25) is 0 Å². The number of methoxy groups -OCH3 is 2. The zero-order chi connectivity index (χ0) is 15.7. The van der Waals surface area contributed by atoms with Gasteiger partial charge in [0.05, 0.1) is 31.6 Å². The number of nitrogens with zero attached hydrogens (tertiary/aromatic N) is 2. The second-order valence-corrected chi connectivity index (χ2v) is 4.63. The maximum absolute atomic E-state index is 11.8. The fraction of sp³-hybridized carbons (Fsp3) is 0.125. The Bertz CT molecular complexity index is 854. The Labute approximate surface area is 126 Å². The molecule has 3 aromatic rings. The Morgan fingerprint density at radius 3 is 2.82 bits per heavy atom. The quantitative estimate of drug-likeness (QED) is 0.752. The summed E-state index contributed by atoms with van der Waals surface area (Å²) in [4.78, 5) is 16.0. The van der Waals surface area contributed by atoms with Crippen LogP contribution in [0.4, 0.5) is 0 Å². The zero-order valence-electron chi connectivity index (χ0n) is 12.1. The minimum Gasteiger partial charge on any atom is -0.504 e. The summed E-state index contributed by atoms with van der Waals surface area (Å²) < 4.78 is 11.7. The maximum atomic E-state index is 11.8. The fourth-order valence-corrected chi connectivity index (χ4v) is 2.34. The molecule has 1 aromatic carbocycles. The van der Waals surface area contributed by atoms with Crippen LogP contribution in [-0.2, 0) is 4.74 Å². The molecule has 112 valence electrons. The first kappa shape index (κ1) is 13.9. The first-order valence-corrected chi connectivity index (χ1v) is 6.57. The topological polar surface area (TPSA) is 73.1 Å². The van der Waals surface area contributed by atoms with Crippen LogP contribution < -0.4 is 4.74 Å². The number of hydrogen-bond donors (Lipinski definition) is 1. The molecule has 0 saturated heterocycles. The van der Waals surface area contributed by atoms with Gasteiger partial charge in [0.15, 0.2) is 17.2 Å². The average Bonchev–Trinajstić information content (AvgIpc) is 3.03. The molecule has 2 aromatic heterocycles. The highest BCUT2D eigenvalue weighted by Gasteiger charge is 2.16. The van der Waals surface area contributed by atoms with Gasteiger partial charge >= 0.3 is 5.97 Å². The number of aromatic hydroxyl groups is 1. The standard InChI is InChI=1S/C16H14N2O4/c1-21-14-8-10(5-6-13(14)19)12-9-17-15(16(20)22-2)11-4-3-7-18(11)12/h3-9,19H,1-2H3. The second kappa shape index (κ2) is 5.40. The third-order valence-corrected chi connectivity index (χ3v) is 3.42. The van der Waals surface area contributed by atoms with Gasteiger partial charge in [-0.1, -0.05) is 0 Å². The SMILES string of the molecule is COC(=O)c1ncc(-c2ccc(O)c(OC)c2)n2cccc12. The van der Waals surface area contributed by atoms with Gasteiger partial charge in [-0.15, -0.1) is 0 Å². The molecular weight excluding hydrogens is 284 g/mol. The Balaban J connectivity index is 2.21. The third kappa shape index (κ3) is 2.14. The van der Waals surface area contributed by atoms with Crippen molar-refractivity contribution in [1.82, 2.24) is 9.38 Å². The van der Waals surface area contributed by atoms with Crippen molar-refractivity contribution in [3.63, 3.8) is 0 Å². The molecule has 2 heterocycles. The molecule has 0 atom stereocenters. The van der Waals surface area contributed by atoms with Gasteiger partial charge in [-0.25, -0.2) is 9.78 Å². The number of esters is 1. The molecule has 0 radical (unpaired) electrons. The summed E-state index contributed by atoms with van der Waals surface area (Å²) in [5, 5.41) is 9.70.